The molecule has 0 atom stereocenters. The monoisotopic (exact) mass is 209 g/mol. The lowest BCUT2D eigenvalue weighted by Gasteiger charge is -2.11. The molecule has 0 spiro atoms. The smallest absolute Gasteiger partial charge is 0.142 e. The Bertz CT molecular complexity index is 276. The number of aliphatic hydroxyl groups is 1. The molecule has 1 aromatic carbocycles. The highest BCUT2D eigenvalue weighted by molar-refractivity contribution is 5.56. The average Bonchev–Trinajstić information content (AvgIpc) is 2.27. The molecule has 0 amide bonds. The summed E-state index contributed by atoms with van der Waals surface area (Å²) in [5.41, 5.74) is 1.03. The molecule has 0 saturated carbocycles. The molecule has 0 fully saturated rings. The van der Waals surface area contributed by atoms with Crippen molar-refractivity contribution in [1.82, 2.24) is 0 Å². The highest BCUT2D eigenvalue weighted by Crippen LogP contribution is 2.23. The van der Waals surface area contributed by atoms with E-state index in [0.717, 1.165) is 30.8 Å². The average molecular weight is 209 g/mol. The zero-order valence-corrected chi connectivity index (χ0v) is 9.20. The Labute approximate surface area is 91.1 Å². The lowest BCUT2D eigenvalue weighted by Crippen LogP contribution is -2.04. The molecule has 0 bridgehead atoms. The van der Waals surface area contributed by atoms with E-state index in [4.69, 9.17) is 9.84 Å². The second-order valence-electron chi connectivity index (χ2n) is 3.29. The summed E-state index contributed by atoms with van der Waals surface area (Å²) in [6, 6.07) is 7.91. The van der Waals surface area contributed by atoms with Gasteiger partial charge in [-0.3, -0.25) is 0 Å². The molecule has 1 aromatic rings. The number of benzene rings is 1. The fourth-order valence-electron chi connectivity index (χ4n) is 1.35. The normalized spacial score (nSPS) is 10.0. The number of unbranched alkanes of at least 4 members (excludes halogenated alkanes) is 1. The van der Waals surface area contributed by atoms with Gasteiger partial charge in [0.1, 0.15) is 5.75 Å². The van der Waals surface area contributed by atoms with Crippen molar-refractivity contribution in [3.8, 4) is 5.75 Å². The largest absolute Gasteiger partial charge is 0.492 e. The summed E-state index contributed by atoms with van der Waals surface area (Å²) in [5.74, 6) is 0.893. The molecule has 0 aliphatic heterocycles. The molecular weight excluding hydrogens is 190 g/mol. The Morgan fingerprint density at radius 2 is 2.07 bits per heavy atom. The number of rotatable bonds is 7. The van der Waals surface area contributed by atoms with Crippen molar-refractivity contribution in [2.75, 3.05) is 25.1 Å². The van der Waals surface area contributed by atoms with Crippen LogP contribution in [0.1, 0.15) is 19.8 Å². The van der Waals surface area contributed by atoms with E-state index >= 15 is 0 Å². The third-order valence-corrected chi connectivity index (χ3v) is 2.09. The molecule has 3 nitrogen and oxygen atoms in total. The zero-order valence-electron chi connectivity index (χ0n) is 9.20. The van der Waals surface area contributed by atoms with Crippen LogP contribution in [0.2, 0.25) is 0 Å². The Balaban J connectivity index is 2.44. The maximum Gasteiger partial charge on any atom is 0.142 e. The van der Waals surface area contributed by atoms with E-state index in [1.807, 2.05) is 31.2 Å². The first-order valence-corrected chi connectivity index (χ1v) is 5.45. The van der Waals surface area contributed by atoms with Crippen molar-refractivity contribution in [3.05, 3.63) is 24.3 Å². The summed E-state index contributed by atoms with van der Waals surface area (Å²) in [7, 11) is 0. The van der Waals surface area contributed by atoms with E-state index in [9.17, 15) is 0 Å². The summed E-state index contributed by atoms with van der Waals surface area (Å²) in [5, 5.41) is 11.9. The number of anilines is 1. The minimum atomic E-state index is 0.259. The van der Waals surface area contributed by atoms with Gasteiger partial charge in [-0.25, -0.2) is 0 Å². The van der Waals surface area contributed by atoms with Crippen LogP contribution < -0.4 is 10.1 Å². The number of ether oxygens (including phenoxy) is 1. The number of aliphatic hydroxyl groups excluding tert-OH is 1. The summed E-state index contributed by atoms with van der Waals surface area (Å²) < 4.78 is 5.48. The minimum absolute atomic E-state index is 0.259. The molecular formula is C12H19NO2. The lowest BCUT2D eigenvalue weighted by molar-refractivity contribution is 0.286. The van der Waals surface area contributed by atoms with Crippen LogP contribution in [0.15, 0.2) is 24.3 Å². The predicted octanol–water partition coefficient (Wildman–Crippen LogP) is 2.27. The summed E-state index contributed by atoms with van der Waals surface area (Å²) >= 11 is 0. The maximum atomic E-state index is 8.65. The molecule has 0 aliphatic rings. The van der Waals surface area contributed by atoms with E-state index in [0.29, 0.717) is 6.61 Å². The molecule has 0 aliphatic carbocycles. The SMILES string of the molecule is CCOc1ccccc1NCCCCO. The quantitative estimate of drug-likeness (QED) is 0.677. The Morgan fingerprint density at radius 3 is 2.80 bits per heavy atom. The number of hydrogen-bond donors (Lipinski definition) is 2. The number of hydrogen-bond acceptors (Lipinski definition) is 3. The second-order valence-corrected chi connectivity index (χ2v) is 3.29. The molecule has 2 N–H and O–H groups in total. The molecule has 0 aromatic heterocycles. The van der Waals surface area contributed by atoms with Gasteiger partial charge in [-0.05, 0) is 31.9 Å². The third kappa shape index (κ3) is 4.21. The summed E-state index contributed by atoms with van der Waals surface area (Å²) in [6.07, 6.45) is 1.81. The van der Waals surface area contributed by atoms with Crippen molar-refractivity contribution < 1.29 is 9.84 Å². The van der Waals surface area contributed by atoms with Gasteiger partial charge < -0.3 is 15.2 Å². The van der Waals surface area contributed by atoms with Crippen LogP contribution in [0.3, 0.4) is 0 Å². The fraction of sp³-hybridized carbons (Fsp3) is 0.500. The molecule has 3 heteroatoms. The van der Waals surface area contributed by atoms with Crippen LogP contribution in [0.25, 0.3) is 0 Å². The van der Waals surface area contributed by atoms with E-state index in [-0.39, 0.29) is 6.61 Å². The van der Waals surface area contributed by atoms with Crippen LogP contribution in [-0.2, 0) is 0 Å². The van der Waals surface area contributed by atoms with Crippen LogP contribution in [0.5, 0.6) is 5.75 Å². The minimum Gasteiger partial charge on any atom is -0.492 e. The van der Waals surface area contributed by atoms with Crippen molar-refractivity contribution >= 4 is 5.69 Å². The van der Waals surface area contributed by atoms with Gasteiger partial charge in [-0.2, -0.15) is 0 Å². The first-order chi connectivity index (χ1) is 7.38. The predicted molar refractivity (Wildman–Crippen MR) is 62.4 cm³/mol. The van der Waals surface area contributed by atoms with Crippen LogP contribution >= 0.6 is 0 Å². The molecule has 0 saturated heterocycles. The second kappa shape index (κ2) is 7.12. The van der Waals surface area contributed by atoms with E-state index < -0.39 is 0 Å². The van der Waals surface area contributed by atoms with Crippen molar-refractivity contribution in [3.63, 3.8) is 0 Å². The molecule has 0 radical (unpaired) electrons. The highest BCUT2D eigenvalue weighted by atomic mass is 16.5. The summed E-state index contributed by atoms with van der Waals surface area (Å²) in [6.45, 7) is 3.78. The molecule has 0 unspecified atom stereocenters. The number of para-hydroxylation sites is 2. The van der Waals surface area contributed by atoms with E-state index in [2.05, 4.69) is 5.32 Å². The van der Waals surface area contributed by atoms with Gasteiger partial charge in [-0.1, -0.05) is 12.1 Å². The van der Waals surface area contributed by atoms with Gasteiger partial charge in [0.25, 0.3) is 0 Å². The van der Waals surface area contributed by atoms with Gasteiger partial charge in [-0.15, -0.1) is 0 Å². The van der Waals surface area contributed by atoms with Crippen molar-refractivity contribution in [2.24, 2.45) is 0 Å². The lowest BCUT2D eigenvalue weighted by atomic mass is 10.2. The van der Waals surface area contributed by atoms with Crippen LogP contribution in [0.4, 0.5) is 5.69 Å². The highest BCUT2D eigenvalue weighted by Gasteiger charge is 2.00. The van der Waals surface area contributed by atoms with Crippen molar-refractivity contribution in [1.29, 1.82) is 0 Å². The van der Waals surface area contributed by atoms with Gasteiger partial charge >= 0.3 is 0 Å². The standard InChI is InChI=1S/C12H19NO2/c1-2-15-12-8-4-3-7-11(12)13-9-5-6-10-14/h3-4,7-8,13-14H,2,5-6,9-10H2,1H3. The maximum absolute atomic E-state index is 8.65. The van der Waals surface area contributed by atoms with E-state index in [1.165, 1.54) is 0 Å². The zero-order chi connectivity index (χ0) is 10.9. The topological polar surface area (TPSA) is 41.5 Å². The van der Waals surface area contributed by atoms with Crippen LogP contribution in [-0.4, -0.2) is 24.9 Å². The molecule has 0 heterocycles. The first-order valence-electron chi connectivity index (χ1n) is 5.45. The molecule has 15 heavy (non-hydrogen) atoms. The van der Waals surface area contributed by atoms with Crippen LogP contribution in [0, 0.1) is 0 Å². The Kier molecular flexibility index (Phi) is 5.63. The third-order valence-electron chi connectivity index (χ3n) is 2.09. The number of nitrogens with one attached hydrogen (secondary N) is 1. The summed E-state index contributed by atoms with van der Waals surface area (Å²) in [4.78, 5) is 0. The van der Waals surface area contributed by atoms with Gasteiger partial charge in [0.2, 0.25) is 0 Å². The Hall–Kier alpha value is -1.22. The van der Waals surface area contributed by atoms with Gasteiger partial charge in [0.05, 0.1) is 12.3 Å². The molecule has 1 rings (SSSR count). The van der Waals surface area contributed by atoms with Crippen molar-refractivity contribution in [2.45, 2.75) is 19.8 Å². The Morgan fingerprint density at radius 1 is 1.27 bits per heavy atom. The van der Waals surface area contributed by atoms with Gasteiger partial charge in [0, 0.05) is 13.2 Å². The first kappa shape index (κ1) is 11.9. The van der Waals surface area contributed by atoms with Gasteiger partial charge in [0.15, 0.2) is 0 Å². The molecule has 84 valence electrons. The fourth-order valence-corrected chi connectivity index (χ4v) is 1.35. The van der Waals surface area contributed by atoms with E-state index in [1.54, 1.807) is 0 Å².